The van der Waals surface area contributed by atoms with Crippen molar-refractivity contribution in [2.45, 2.75) is 113 Å². The van der Waals surface area contributed by atoms with Crippen LogP contribution < -0.4 is 15.9 Å². The Labute approximate surface area is 315 Å². The van der Waals surface area contributed by atoms with E-state index in [1.54, 1.807) is 12.2 Å². The van der Waals surface area contributed by atoms with Crippen molar-refractivity contribution in [1.29, 1.82) is 0 Å². The first-order valence-corrected chi connectivity index (χ1v) is 21.3. The molecule has 3 aromatic rings. The third kappa shape index (κ3) is 9.49. The van der Waals surface area contributed by atoms with Gasteiger partial charge in [-0.15, -0.1) is 0 Å². The lowest BCUT2D eigenvalue weighted by Gasteiger charge is -2.40. The molecule has 0 N–H and O–H groups in total. The van der Waals surface area contributed by atoms with Crippen LogP contribution in [0.2, 0.25) is 0 Å². The maximum Gasteiger partial charge on any atom is 0.416 e. The summed E-state index contributed by atoms with van der Waals surface area (Å²) < 4.78 is 170. The average molecular weight is 823 g/mol. The van der Waals surface area contributed by atoms with Crippen LogP contribution in [0, 0.1) is 5.92 Å². The maximum absolute atomic E-state index is 14.2. The number of hydrogen-bond acceptors (Lipinski definition) is 0. The first-order chi connectivity index (χ1) is 25.7. The molecule has 0 nitrogen and oxygen atoms in total. The highest BCUT2D eigenvalue weighted by atomic mass is 31.1. The van der Waals surface area contributed by atoms with E-state index in [0.717, 1.165) is 75.1 Å². The molecule has 6 rings (SSSR count). The van der Waals surface area contributed by atoms with E-state index in [2.05, 4.69) is 6.07 Å². The van der Waals surface area contributed by atoms with Crippen molar-refractivity contribution >= 4 is 37.3 Å². The smallest absolute Gasteiger partial charge is 0.166 e. The summed E-state index contributed by atoms with van der Waals surface area (Å²) in [5.41, 5.74) is -5.36. The van der Waals surface area contributed by atoms with Crippen LogP contribution >= 0.6 is 15.8 Å². The zero-order chi connectivity index (χ0) is 39.9. The van der Waals surface area contributed by atoms with Gasteiger partial charge in [0, 0.05) is 5.92 Å². The Hall–Kier alpha value is -2.84. The minimum atomic E-state index is -5.29. The number of alkyl halides is 12. The largest absolute Gasteiger partial charge is 0.416 e. The zero-order valence-electron chi connectivity index (χ0n) is 29.8. The maximum atomic E-state index is 14.2. The second kappa shape index (κ2) is 16.2. The molecular formula is C41H40F12P2. The molecule has 0 amide bonds. The molecule has 298 valence electrons. The van der Waals surface area contributed by atoms with Crippen LogP contribution in [0.15, 0.2) is 78.9 Å². The molecule has 3 aliphatic rings. The summed E-state index contributed by atoms with van der Waals surface area (Å²) in [7, 11) is -3.43. The number of benzene rings is 3. The van der Waals surface area contributed by atoms with Crippen LogP contribution in [-0.2, 0) is 24.7 Å². The molecule has 2 saturated carbocycles. The number of halogens is 12. The summed E-state index contributed by atoms with van der Waals surface area (Å²) in [4.78, 5) is 0. The Morgan fingerprint density at radius 2 is 0.945 bits per heavy atom. The van der Waals surface area contributed by atoms with Gasteiger partial charge in [0.2, 0.25) is 0 Å². The van der Waals surface area contributed by atoms with Gasteiger partial charge < -0.3 is 0 Å². The highest BCUT2D eigenvalue weighted by Crippen LogP contribution is 2.57. The Morgan fingerprint density at radius 1 is 0.545 bits per heavy atom. The summed E-state index contributed by atoms with van der Waals surface area (Å²) in [6.45, 7) is 1.49. The lowest BCUT2D eigenvalue weighted by atomic mass is 9.93. The van der Waals surface area contributed by atoms with E-state index < -0.39 is 85.0 Å². The van der Waals surface area contributed by atoms with Gasteiger partial charge in [0.1, 0.15) is 0 Å². The summed E-state index contributed by atoms with van der Waals surface area (Å²) in [5.74, 6) is -0.755. The Morgan fingerprint density at radius 3 is 1.35 bits per heavy atom. The van der Waals surface area contributed by atoms with Crippen molar-refractivity contribution in [3.8, 4) is 0 Å². The van der Waals surface area contributed by atoms with Crippen LogP contribution in [0.4, 0.5) is 52.7 Å². The van der Waals surface area contributed by atoms with Gasteiger partial charge in [-0.1, -0.05) is 95.9 Å². The van der Waals surface area contributed by atoms with Gasteiger partial charge in [0.25, 0.3) is 0 Å². The average Bonchev–Trinajstić information content (AvgIpc) is 3.61. The van der Waals surface area contributed by atoms with Gasteiger partial charge in [-0.25, -0.2) is 0 Å². The van der Waals surface area contributed by atoms with Gasteiger partial charge in [-0.2, -0.15) is 52.7 Å². The van der Waals surface area contributed by atoms with Crippen molar-refractivity contribution in [2.75, 3.05) is 0 Å². The van der Waals surface area contributed by atoms with E-state index >= 15 is 0 Å². The molecule has 2 atom stereocenters. The molecule has 0 spiro atoms. The first-order valence-electron chi connectivity index (χ1n) is 18.4. The number of hydrogen-bond donors (Lipinski definition) is 0. The quantitative estimate of drug-likeness (QED) is 0.157. The Kier molecular flexibility index (Phi) is 12.3. The van der Waals surface area contributed by atoms with Crippen LogP contribution in [0.25, 0.3) is 5.57 Å². The van der Waals surface area contributed by atoms with Crippen molar-refractivity contribution in [3.05, 3.63) is 107 Å². The predicted octanol–water partition coefficient (Wildman–Crippen LogP) is 13.6. The minimum absolute atomic E-state index is 0.0924. The van der Waals surface area contributed by atoms with Gasteiger partial charge in [0.15, 0.2) is 0 Å². The molecule has 1 unspecified atom stereocenters. The molecule has 0 radical (unpaired) electrons. The van der Waals surface area contributed by atoms with Crippen molar-refractivity contribution < 1.29 is 52.7 Å². The van der Waals surface area contributed by atoms with E-state index in [4.69, 9.17) is 0 Å². The van der Waals surface area contributed by atoms with Gasteiger partial charge in [0.05, 0.1) is 22.3 Å². The topological polar surface area (TPSA) is 0 Å². The lowest BCUT2D eigenvalue weighted by Crippen LogP contribution is -2.30. The monoisotopic (exact) mass is 822 g/mol. The summed E-state index contributed by atoms with van der Waals surface area (Å²) in [6.07, 6.45) is -4.91. The molecule has 0 aliphatic heterocycles. The van der Waals surface area contributed by atoms with E-state index in [1.165, 1.54) is 6.92 Å². The third-order valence-electron chi connectivity index (χ3n) is 11.0. The molecule has 0 saturated heterocycles. The predicted molar refractivity (Wildman–Crippen MR) is 196 cm³/mol. The molecule has 3 aliphatic carbocycles. The molecule has 0 heterocycles. The summed E-state index contributed by atoms with van der Waals surface area (Å²) in [6, 6.07) is 9.40. The fourth-order valence-corrected chi connectivity index (χ4v) is 15.4. The molecule has 0 bridgehead atoms. The second-order valence-corrected chi connectivity index (χ2v) is 20.0. The molecule has 3 aromatic carbocycles. The van der Waals surface area contributed by atoms with Gasteiger partial charge >= 0.3 is 24.7 Å². The fourth-order valence-electron chi connectivity index (χ4n) is 8.47. The van der Waals surface area contributed by atoms with Crippen LogP contribution in [0.3, 0.4) is 0 Å². The van der Waals surface area contributed by atoms with Gasteiger partial charge in [-0.05, 0) is 114 Å². The standard InChI is InChI=1S/C41H40F12P2/c1-25(34-16-10-17-35(34)36-15-8-9-18-37(36)55(30-11-4-2-5-12-30)31-13-6-3-7-14-31)54(32-21-26(38(42,43)44)19-27(22-32)39(45,46)47)33-23-28(40(48,49)50)20-29(24-33)41(51,52)53/h8-10,15-25,30-31,34H,2-7,11-14H2,1H3/t25-,34?/m1/s1. The Balaban J connectivity index is 1.53. The molecular weight excluding hydrogens is 782 g/mol. The van der Waals surface area contributed by atoms with Crippen LogP contribution in [0.1, 0.15) is 98.9 Å². The highest BCUT2D eigenvalue weighted by Gasteiger charge is 2.43. The minimum Gasteiger partial charge on any atom is -0.166 e. The van der Waals surface area contributed by atoms with E-state index in [1.807, 2.05) is 24.3 Å². The lowest BCUT2D eigenvalue weighted by molar-refractivity contribution is -0.144. The molecule has 0 aromatic heterocycles. The van der Waals surface area contributed by atoms with Crippen LogP contribution in [0.5, 0.6) is 0 Å². The third-order valence-corrected chi connectivity index (χ3v) is 17.3. The first kappa shape index (κ1) is 41.8. The zero-order valence-corrected chi connectivity index (χ0v) is 31.6. The summed E-state index contributed by atoms with van der Waals surface area (Å²) in [5, 5.41) is -0.113. The van der Waals surface area contributed by atoms with E-state index in [9.17, 15) is 52.7 Å². The van der Waals surface area contributed by atoms with Gasteiger partial charge in [-0.3, -0.25) is 0 Å². The van der Waals surface area contributed by atoms with Crippen molar-refractivity contribution in [2.24, 2.45) is 5.92 Å². The summed E-state index contributed by atoms with van der Waals surface area (Å²) >= 11 is 0. The normalized spacial score (nSPS) is 20.1. The van der Waals surface area contributed by atoms with E-state index in [-0.39, 0.29) is 12.1 Å². The number of allylic oxidation sites excluding steroid dienone is 4. The van der Waals surface area contributed by atoms with Crippen molar-refractivity contribution in [3.63, 3.8) is 0 Å². The molecule has 55 heavy (non-hydrogen) atoms. The number of rotatable bonds is 8. The van der Waals surface area contributed by atoms with E-state index in [0.29, 0.717) is 41.2 Å². The fraction of sp³-hybridized carbons (Fsp3) is 0.463. The SMILES string of the molecule is C[C@H](C1C=CC=C1c1ccccc1P(C1CCCCC1)C1CCCCC1)P(c1cc(C(F)(F)F)cc(C(F)(F)F)c1)c1cc(C(F)(F)F)cc(C(F)(F)F)c1. The molecule has 14 heteroatoms. The Bertz CT molecular complexity index is 1720. The van der Waals surface area contributed by atoms with Crippen LogP contribution in [-0.4, -0.2) is 17.0 Å². The highest BCUT2D eigenvalue weighted by molar-refractivity contribution is 7.73. The molecule has 2 fully saturated rings. The van der Waals surface area contributed by atoms with Crippen molar-refractivity contribution in [1.82, 2.24) is 0 Å². The second-order valence-electron chi connectivity index (χ2n) is 14.7.